The van der Waals surface area contributed by atoms with Crippen LogP contribution in [0.1, 0.15) is 37.5 Å². The first-order valence-corrected chi connectivity index (χ1v) is 11.8. The lowest BCUT2D eigenvalue weighted by Crippen LogP contribution is -2.35. The molecule has 1 amide bonds. The van der Waals surface area contributed by atoms with Gasteiger partial charge in [0.15, 0.2) is 5.82 Å². The van der Waals surface area contributed by atoms with Crippen LogP contribution in [0.4, 0.5) is 15.9 Å². The van der Waals surface area contributed by atoms with Gasteiger partial charge in [-0.1, -0.05) is 13.0 Å². The first kappa shape index (κ1) is 20.0. The fraction of sp³-hybridized carbons (Fsp3) is 0.273. The van der Waals surface area contributed by atoms with Gasteiger partial charge in [0, 0.05) is 17.3 Å². The molecule has 0 fully saturated rings. The molecular weight excluding hydrogens is 433 g/mol. The number of rotatable bonds is 5. The molecule has 1 aliphatic rings. The van der Waals surface area contributed by atoms with E-state index in [1.54, 1.807) is 22.9 Å². The van der Waals surface area contributed by atoms with Gasteiger partial charge >= 0.3 is 0 Å². The van der Waals surface area contributed by atoms with Crippen LogP contribution in [0.5, 0.6) is 0 Å². The number of aromatic nitrogens is 3. The molecule has 4 aromatic rings. The largest absolute Gasteiger partial charge is 0.353 e. The molecule has 3 aromatic heterocycles. The lowest BCUT2D eigenvalue weighted by Gasteiger charge is -2.22. The smallest absolute Gasteiger partial charge is 0.219 e. The van der Waals surface area contributed by atoms with E-state index in [0.717, 1.165) is 44.6 Å². The van der Waals surface area contributed by atoms with E-state index in [1.807, 2.05) is 6.92 Å². The van der Waals surface area contributed by atoms with Gasteiger partial charge in [-0.05, 0) is 43.0 Å². The molecule has 0 bridgehead atoms. The van der Waals surface area contributed by atoms with Gasteiger partial charge in [0.2, 0.25) is 5.91 Å². The van der Waals surface area contributed by atoms with E-state index in [4.69, 9.17) is 0 Å². The molecule has 2 N–H and O–H groups in total. The highest BCUT2D eigenvalue weighted by molar-refractivity contribution is 7.20. The van der Waals surface area contributed by atoms with E-state index in [0.29, 0.717) is 17.9 Å². The van der Waals surface area contributed by atoms with Crippen LogP contribution in [0.25, 0.3) is 26.0 Å². The zero-order valence-corrected chi connectivity index (χ0v) is 18.4. The van der Waals surface area contributed by atoms with Gasteiger partial charge in [-0.25, -0.2) is 19.3 Å². The normalized spacial score (nSPS) is 16.5. The Balaban J connectivity index is 1.41. The number of carbonyl (C=O) groups is 1. The summed E-state index contributed by atoms with van der Waals surface area (Å²) >= 11 is 3.01. The van der Waals surface area contributed by atoms with E-state index in [-0.39, 0.29) is 17.8 Å². The molecule has 0 spiro atoms. The fourth-order valence-corrected chi connectivity index (χ4v) is 5.53. The molecular formula is C22H20FN5OS2. The summed E-state index contributed by atoms with van der Waals surface area (Å²) in [5, 5.41) is 6.20. The van der Waals surface area contributed by atoms with E-state index in [9.17, 15) is 9.18 Å². The molecule has 31 heavy (non-hydrogen) atoms. The van der Waals surface area contributed by atoms with Crippen molar-refractivity contribution in [3.8, 4) is 0 Å². The number of fused-ring (bicyclic) bond motifs is 2. The van der Waals surface area contributed by atoms with E-state index < -0.39 is 0 Å². The van der Waals surface area contributed by atoms with Crippen LogP contribution in [0.3, 0.4) is 0 Å². The molecule has 0 radical (unpaired) electrons. The third kappa shape index (κ3) is 4.03. The Hall–Kier alpha value is -2.91. The second kappa shape index (κ2) is 8.32. The molecule has 3 heterocycles. The minimum absolute atomic E-state index is 0.0952. The summed E-state index contributed by atoms with van der Waals surface area (Å²) in [6, 6.07) is 5.46. The quantitative estimate of drug-likeness (QED) is 0.408. The number of allylic oxidation sites excluding steroid dienone is 1. The van der Waals surface area contributed by atoms with Crippen LogP contribution in [0.2, 0.25) is 0 Å². The van der Waals surface area contributed by atoms with Gasteiger partial charge in [-0.15, -0.1) is 22.7 Å². The van der Waals surface area contributed by atoms with Crippen molar-refractivity contribution in [3.05, 3.63) is 46.8 Å². The summed E-state index contributed by atoms with van der Waals surface area (Å²) in [5.41, 5.74) is 4.89. The van der Waals surface area contributed by atoms with E-state index >= 15 is 0 Å². The predicted octanol–water partition coefficient (Wildman–Crippen LogP) is 5.65. The maximum atomic E-state index is 14.6. The van der Waals surface area contributed by atoms with Crippen LogP contribution >= 0.6 is 22.7 Å². The third-order valence-electron chi connectivity index (χ3n) is 5.40. The lowest BCUT2D eigenvalue weighted by molar-refractivity contribution is -0.121. The molecule has 0 saturated heterocycles. The number of carbonyl (C=O) groups excluding carboxylic acids is 1. The van der Waals surface area contributed by atoms with Crippen molar-refractivity contribution in [3.63, 3.8) is 0 Å². The highest BCUT2D eigenvalue weighted by atomic mass is 32.1. The second-order valence-electron chi connectivity index (χ2n) is 7.45. The molecule has 158 valence electrons. The molecule has 1 aliphatic carbocycles. The Morgan fingerprint density at radius 1 is 1.23 bits per heavy atom. The number of amides is 1. The van der Waals surface area contributed by atoms with Gasteiger partial charge in [-0.3, -0.25) is 4.79 Å². The van der Waals surface area contributed by atoms with Crippen molar-refractivity contribution >= 4 is 66.1 Å². The van der Waals surface area contributed by atoms with Gasteiger partial charge in [0.1, 0.15) is 12.1 Å². The highest BCUT2D eigenvalue weighted by Crippen LogP contribution is 2.38. The van der Waals surface area contributed by atoms with Crippen molar-refractivity contribution in [2.24, 2.45) is 0 Å². The minimum Gasteiger partial charge on any atom is -0.353 e. The van der Waals surface area contributed by atoms with Crippen molar-refractivity contribution in [2.45, 2.75) is 38.6 Å². The summed E-state index contributed by atoms with van der Waals surface area (Å²) in [6.07, 6.45) is 6.84. The Bertz CT molecular complexity index is 1310. The Kier molecular flexibility index (Phi) is 5.37. The standard InChI is InChI=1S/C22H20FN5OS2/c1-2-20(29)27-13-5-3-12(4-6-13)18-9-17-21(31-18)22(25-10-24-17)28-15-8-16-19(7-14(15)23)30-11-26-16/h3,7-11,13H,2,4-6H2,1H3,(H,27,29)(H,24,25,28). The average Bonchev–Trinajstić information content (AvgIpc) is 3.41. The molecule has 1 atom stereocenters. The van der Waals surface area contributed by atoms with Crippen LogP contribution in [-0.4, -0.2) is 26.9 Å². The number of halogens is 1. The number of anilines is 2. The number of hydrogen-bond acceptors (Lipinski definition) is 7. The highest BCUT2D eigenvalue weighted by Gasteiger charge is 2.19. The zero-order chi connectivity index (χ0) is 21.4. The summed E-state index contributed by atoms with van der Waals surface area (Å²) < 4.78 is 16.3. The van der Waals surface area contributed by atoms with E-state index in [2.05, 4.69) is 37.7 Å². The summed E-state index contributed by atoms with van der Waals surface area (Å²) in [5.74, 6) is 0.340. The number of thiazole rings is 1. The van der Waals surface area contributed by atoms with Crippen LogP contribution in [-0.2, 0) is 4.79 Å². The SMILES string of the molecule is CCC(=O)NC1CC=C(c2cc3ncnc(Nc4cc5ncsc5cc4F)c3s2)CC1. The first-order chi connectivity index (χ1) is 15.1. The molecule has 5 rings (SSSR count). The zero-order valence-electron chi connectivity index (χ0n) is 16.8. The van der Waals surface area contributed by atoms with Gasteiger partial charge in [-0.2, -0.15) is 0 Å². The lowest BCUT2D eigenvalue weighted by atomic mass is 9.94. The number of hydrogen-bond donors (Lipinski definition) is 2. The summed E-state index contributed by atoms with van der Waals surface area (Å²) in [6.45, 7) is 1.87. The Morgan fingerprint density at radius 2 is 2.13 bits per heavy atom. The van der Waals surface area contributed by atoms with Gasteiger partial charge < -0.3 is 10.6 Å². The van der Waals surface area contributed by atoms with E-state index in [1.165, 1.54) is 29.3 Å². The molecule has 6 nitrogen and oxygen atoms in total. The van der Waals surface area contributed by atoms with Crippen LogP contribution < -0.4 is 10.6 Å². The minimum atomic E-state index is -0.338. The molecule has 9 heteroatoms. The van der Waals surface area contributed by atoms with Gasteiger partial charge in [0.05, 0.1) is 31.6 Å². The maximum Gasteiger partial charge on any atom is 0.219 e. The number of thiophene rings is 1. The van der Waals surface area contributed by atoms with Crippen LogP contribution in [0, 0.1) is 5.82 Å². The monoisotopic (exact) mass is 453 g/mol. The second-order valence-corrected chi connectivity index (χ2v) is 9.38. The average molecular weight is 454 g/mol. The number of benzene rings is 1. The molecule has 1 aromatic carbocycles. The number of nitrogens with zero attached hydrogens (tertiary/aromatic N) is 3. The van der Waals surface area contributed by atoms with Crippen molar-refractivity contribution in [2.75, 3.05) is 5.32 Å². The Morgan fingerprint density at radius 3 is 2.94 bits per heavy atom. The van der Waals surface area contributed by atoms with Crippen molar-refractivity contribution in [1.82, 2.24) is 20.3 Å². The maximum absolute atomic E-state index is 14.6. The van der Waals surface area contributed by atoms with Crippen molar-refractivity contribution in [1.29, 1.82) is 0 Å². The topological polar surface area (TPSA) is 79.8 Å². The third-order valence-corrected chi connectivity index (χ3v) is 7.40. The molecule has 0 aliphatic heterocycles. The van der Waals surface area contributed by atoms with Crippen molar-refractivity contribution < 1.29 is 9.18 Å². The molecule has 0 saturated carbocycles. The summed E-state index contributed by atoms with van der Waals surface area (Å²) in [4.78, 5) is 25.8. The Labute approximate surface area is 186 Å². The predicted molar refractivity (Wildman–Crippen MR) is 124 cm³/mol. The fourth-order valence-electron chi connectivity index (χ4n) is 3.72. The van der Waals surface area contributed by atoms with Crippen LogP contribution in [0.15, 0.2) is 36.1 Å². The first-order valence-electron chi connectivity index (χ1n) is 10.1. The van der Waals surface area contributed by atoms with Gasteiger partial charge in [0.25, 0.3) is 0 Å². The molecule has 1 unspecified atom stereocenters. The summed E-state index contributed by atoms with van der Waals surface area (Å²) in [7, 11) is 0. The number of nitrogens with one attached hydrogen (secondary N) is 2.